The Bertz CT molecular complexity index is 1280. The summed E-state index contributed by atoms with van der Waals surface area (Å²) in [6.07, 6.45) is 3.23. The van der Waals surface area contributed by atoms with E-state index in [9.17, 15) is 4.79 Å². The van der Waals surface area contributed by atoms with Crippen molar-refractivity contribution in [3.05, 3.63) is 53.1 Å². The van der Waals surface area contributed by atoms with Crippen LogP contribution >= 0.6 is 11.3 Å². The molecule has 0 atom stereocenters. The van der Waals surface area contributed by atoms with Crippen LogP contribution in [0.5, 0.6) is 11.5 Å². The fourth-order valence-electron chi connectivity index (χ4n) is 3.10. The Hall–Kier alpha value is -3.26. The van der Waals surface area contributed by atoms with E-state index in [2.05, 4.69) is 15.0 Å². The molecule has 1 aliphatic rings. The maximum atomic E-state index is 12.7. The van der Waals surface area contributed by atoms with E-state index in [1.807, 2.05) is 23.6 Å². The van der Waals surface area contributed by atoms with Gasteiger partial charge in [-0.1, -0.05) is 11.3 Å². The normalized spacial score (nSPS) is 13.6. The zero-order chi connectivity index (χ0) is 18.4. The van der Waals surface area contributed by atoms with Crippen molar-refractivity contribution < 1.29 is 14.3 Å². The molecule has 27 heavy (non-hydrogen) atoms. The van der Waals surface area contributed by atoms with Gasteiger partial charge >= 0.3 is 0 Å². The van der Waals surface area contributed by atoms with Gasteiger partial charge in [0.05, 0.1) is 21.3 Å². The predicted molar refractivity (Wildman–Crippen MR) is 101 cm³/mol. The van der Waals surface area contributed by atoms with Crippen molar-refractivity contribution >= 4 is 38.5 Å². The van der Waals surface area contributed by atoms with Crippen LogP contribution in [0.2, 0.25) is 0 Å². The van der Waals surface area contributed by atoms with Gasteiger partial charge in [0.1, 0.15) is 0 Å². The van der Waals surface area contributed by atoms with Gasteiger partial charge in [-0.05, 0) is 25.1 Å². The van der Waals surface area contributed by atoms with Gasteiger partial charge in [-0.3, -0.25) is 14.8 Å². The van der Waals surface area contributed by atoms with E-state index in [1.165, 1.54) is 11.3 Å². The lowest BCUT2D eigenvalue weighted by Crippen LogP contribution is -2.15. The molecule has 0 spiro atoms. The number of benzene rings is 2. The van der Waals surface area contributed by atoms with E-state index >= 15 is 0 Å². The topological polar surface area (TPSA) is 78.6 Å². The molecule has 0 bridgehead atoms. The van der Waals surface area contributed by atoms with Gasteiger partial charge in [-0.25, -0.2) is 0 Å². The first-order chi connectivity index (χ1) is 13.2. The number of carbonyl (C=O) groups is 1. The van der Waals surface area contributed by atoms with E-state index < -0.39 is 0 Å². The summed E-state index contributed by atoms with van der Waals surface area (Å²) in [6.45, 7) is 2.94. The minimum absolute atomic E-state index is 0.235. The lowest BCUT2D eigenvalue weighted by Gasteiger charge is -2.02. The lowest BCUT2D eigenvalue weighted by molar-refractivity contribution is 0.0998. The van der Waals surface area contributed by atoms with Crippen LogP contribution in [0.15, 0.2) is 47.7 Å². The van der Waals surface area contributed by atoms with Crippen LogP contribution < -0.4 is 14.3 Å². The van der Waals surface area contributed by atoms with Crippen molar-refractivity contribution in [2.45, 2.75) is 13.5 Å². The fraction of sp³-hybridized carbons (Fsp3) is 0.158. The van der Waals surface area contributed by atoms with E-state index in [-0.39, 0.29) is 12.7 Å². The Kier molecular flexibility index (Phi) is 3.64. The fourth-order valence-corrected chi connectivity index (χ4v) is 4.20. The first-order valence-electron chi connectivity index (χ1n) is 8.46. The lowest BCUT2D eigenvalue weighted by atomic mass is 10.2. The number of hydrogen-bond acceptors (Lipinski definition) is 6. The third kappa shape index (κ3) is 2.65. The third-order valence-corrected chi connectivity index (χ3v) is 5.45. The molecule has 8 heteroatoms. The number of aromatic nitrogens is 3. The van der Waals surface area contributed by atoms with E-state index in [0.717, 1.165) is 21.5 Å². The molecule has 2 aromatic carbocycles. The standard InChI is InChI=1S/C19H14N4O3S/c1-2-23-14-8-15-16(26-10-25-15)9-17(14)27-19(23)22-18(24)11-3-4-12-13(7-11)21-6-5-20-12/h3-9H,2,10H2,1H3. The predicted octanol–water partition coefficient (Wildman–Crippen LogP) is 3.14. The zero-order valence-electron chi connectivity index (χ0n) is 14.4. The molecule has 3 heterocycles. The first kappa shape index (κ1) is 16.0. The molecule has 134 valence electrons. The van der Waals surface area contributed by atoms with E-state index in [4.69, 9.17) is 9.47 Å². The summed E-state index contributed by atoms with van der Waals surface area (Å²) < 4.78 is 13.9. The first-order valence-corrected chi connectivity index (χ1v) is 9.27. The Morgan fingerprint density at radius 1 is 1.15 bits per heavy atom. The van der Waals surface area contributed by atoms with Crippen LogP contribution in [0.1, 0.15) is 17.3 Å². The summed E-state index contributed by atoms with van der Waals surface area (Å²) in [6, 6.07) is 9.09. The number of hydrogen-bond donors (Lipinski definition) is 0. The van der Waals surface area contributed by atoms with Crippen LogP contribution in [0.3, 0.4) is 0 Å². The molecular formula is C19H14N4O3S. The number of aryl methyl sites for hydroxylation is 1. The highest BCUT2D eigenvalue weighted by Crippen LogP contribution is 2.36. The number of amides is 1. The van der Waals surface area contributed by atoms with Crippen molar-refractivity contribution in [3.63, 3.8) is 0 Å². The monoisotopic (exact) mass is 378 g/mol. The van der Waals surface area contributed by atoms with Crippen LogP contribution in [0.25, 0.3) is 21.3 Å². The second-order valence-corrected chi connectivity index (χ2v) is 6.99. The Morgan fingerprint density at radius 2 is 1.93 bits per heavy atom. The average molecular weight is 378 g/mol. The maximum absolute atomic E-state index is 12.7. The highest BCUT2D eigenvalue weighted by Gasteiger charge is 2.17. The maximum Gasteiger partial charge on any atom is 0.279 e. The third-order valence-electron chi connectivity index (χ3n) is 4.41. The molecule has 0 unspecified atom stereocenters. The molecule has 2 aromatic heterocycles. The smallest absolute Gasteiger partial charge is 0.279 e. The van der Waals surface area contributed by atoms with Gasteiger partial charge in [-0.15, -0.1) is 0 Å². The molecule has 0 saturated heterocycles. The number of nitrogens with zero attached hydrogens (tertiary/aromatic N) is 4. The second-order valence-electron chi connectivity index (χ2n) is 5.98. The zero-order valence-corrected chi connectivity index (χ0v) is 15.2. The molecule has 0 radical (unpaired) electrons. The molecule has 1 aliphatic heterocycles. The van der Waals surface area contributed by atoms with Gasteiger partial charge in [0, 0.05) is 36.6 Å². The number of rotatable bonds is 2. The summed E-state index contributed by atoms with van der Waals surface area (Å²) in [5.41, 5.74) is 2.87. The minimum atomic E-state index is -0.309. The van der Waals surface area contributed by atoms with Crippen molar-refractivity contribution in [2.75, 3.05) is 6.79 Å². The second kappa shape index (κ2) is 6.17. The Labute approximate surface area is 157 Å². The number of ether oxygens (including phenoxy) is 2. The molecule has 0 fully saturated rings. The van der Waals surface area contributed by atoms with Crippen molar-refractivity contribution in [1.82, 2.24) is 14.5 Å². The van der Waals surface area contributed by atoms with Crippen LogP contribution in [-0.4, -0.2) is 27.2 Å². The quantitative estimate of drug-likeness (QED) is 0.535. The van der Waals surface area contributed by atoms with Gasteiger partial charge in [0.15, 0.2) is 16.3 Å². The van der Waals surface area contributed by atoms with Crippen molar-refractivity contribution in [1.29, 1.82) is 0 Å². The molecule has 1 amide bonds. The molecule has 0 saturated carbocycles. The summed E-state index contributed by atoms with van der Waals surface area (Å²) in [5.74, 6) is 1.13. The highest BCUT2D eigenvalue weighted by atomic mass is 32.1. The summed E-state index contributed by atoms with van der Waals surface area (Å²) in [4.78, 5) is 26.2. The van der Waals surface area contributed by atoms with Crippen molar-refractivity contribution in [2.24, 2.45) is 4.99 Å². The van der Waals surface area contributed by atoms with E-state index in [1.54, 1.807) is 30.6 Å². The number of carbonyl (C=O) groups excluding carboxylic acids is 1. The van der Waals surface area contributed by atoms with E-state index in [0.29, 0.717) is 28.2 Å². The van der Waals surface area contributed by atoms with Crippen LogP contribution in [-0.2, 0) is 6.54 Å². The average Bonchev–Trinajstić information content (AvgIpc) is 3.28. The molecule has 5 rings (SSSR count). The number of fused-ring (bicyclic) bond motifs is 3. The van der Waals surface area contributed by atoms with Gasteiger partial charge in [0.25, 0.3) is 5.91 Å². The van der Waals surface area contributed by atoms with Gasteiger partial charge in [-0.2, -0.15) is 4.99 Å². The molecule has 4 aromatic rings. The Morgan fingerprint density at radius 3 is 2.74 bits per heavy atom. The molecule has 0 N–H and O–H groups in total. The highest BCUT2D eigenvalue weighted by molar-refractivity contribution is 7.16. The Balaban J connectivity index is 1.62. The summed E-state index contributed by atoms with van der Waals surface area (Å²) in [5, 5.41) is 0. The van der Waals surface area contributed by atoms with Crippen molar-refractivity contribution in [3.8, 4) is 11.5 Å². The number of thiazole rings is 1. The molecule has 7 nitrogen and oxygen atoms in total. The summed E-state index contributed by atoms with van der Waals surface area (Å²) >= 11 is 1.45. The molecular weight excluding hydrogens is 364 g/mol. The largest absolute Gasteiger partial charge is 0.454 e. The van der Waals surface area contributed by atoms with Gasteiger partial charge < -0.3 is 14.0 Å². The summed E-state index contributed by atoms with van der Waals surface area (Å²) in [7, 11) is 0. The van der Waals surface area contributed by atoms with Gasteiger partial charge in [0.2, 0.25) is 6.79 Å². The van der Waals surface area contributed by atoms with Crippen LogP contribution in [0.4, 0.5) is 0 Å². The molecule has 0 aliphatic carbocycles. The minimum Gasteiger partial charge on any atom is -0.454 e. The van der Waals surface area contributed by atoms with Crippen LogP contribution in [0, 0.1) is 0 Å². The SMILES string of the molecule is CCn1c(=NC(=O)c2ccc3nccnc3c2)sc2cc3c(cc21)OCO3.